The number of anilines is 1. The van der Waals surface area contributed by atoms with Crippen molar-refractivity contribution in [2.45, 2.75) is 20.0 Å². The van der Waals surface area contributed by atoms with Crippen molar-refractivity contribution < 1.29 is 14.3 Å². The van der Waals surface area contributed by atoms with E-state index in [1.807, 2.05) is 18.2 Å². The minimum Gasteiger partial charge on any atom is -0.459 e. The van der Waals surface area contributed by atoms with Gasteiger partial charge in [0, 0.05) is 16.8 Å². The first-order valence-corrected chi connectivity index (χ1v) is 7.88. The van der Waals surface area contributed by atoms with Gasteiger partial charge in [-0.05, 0) is 55.8 Å². The predicted octanol–water partition coefficient (Wildman–Crippen LogP) is 4.56. The van der Waals surface area contributed by atoms with Crippen molar-refractivity contribution in [2.24, 2.45) is 0 Å². The summed E-state index contributed by atoms with van der Waals surface area (Å²) in [6.07, 6.45) is 2.88. The van der Waals surface area contributed by atoms with Crippen molar-refractivity contribution in [3.05, 3.63) is 70.8 Å². The zero-order valence-corrected chi connectivity index (χ0v) is 14.2. The van der Waals surface area contributed by atoms with Gasteiger partial charge in [-0.1, -0.05) is 29.8 Å². The van der Waals surface area contributed by atoms with Gasteiger partial charge in [0.1, 0.15) is 0 Å². The maximum absolute atomic E-state index is 11.9. The van der Waals surface area contributed by atoms with Crippen LogP contribution in [0.2, 0.25) is 5.02 Å². The van der Waals surface area contributed by atoms with Gasteiger partial charge in [0.05, 0.1) is 11.7 Å². The summed E-state index contributed by atoms with van der Waals surface area (Å²) in [5, 5.41) is 3.30. The molecule has 2 aromatic rings. The molecule has 1 amide bonds. The number of carbonyl (C=O) groups excluding carboxylic acids is 2. The minimum absolute atomic E-state index is 0.174. The van der Waals surface area contributed by atoms with E-state index in [0.29, 0.717) is 16.3 Å². The smallest absolute Gasteiger partial charge is 0.338 e. The van der Waals surface area contributed by atoms with Gasteiger partial charge in [-0.2, -0.15) is 0 Å². The molecule has 0 bridgehead atoms. The molecule has 0 fully saturated rings. The summed E-state index contributed by atoms with van der Waals surface area (Å²) in [4.78, 5) is 23.7. The number of hydrogen-bond acceptors (Lipinski definition) is 3. The van der Waals surface area contributed by atoms with Crippen molar-refractivity contribution in [3.8, 4) is 0 Å². The molecule has 0 atom stereocenters. The van der Waals surface area contributed by atoms with Crippen LogP contribution >= 0.6 is 11.6 Å². The fraction of sp³-hybridized carbons (Fsp3) is 0.158. The summed E-state index contributed by atoms with van der Waals surface area (Å²) in [6, 6.07) is 13.8. The molecule has 24 heavy (non-hydrogen) atoms. The van der Waals surface area contributed by atoms with Gasteiger partial charge in [-0.15, -0.1) is 0 Å². The van der Waals surface area contributed by atoms with Crippen LogP contribution < -0.4 is 5.32 Å². The molecule has 0 heterocycles. The second-order valence-corrected chi connectivity index (χ2v) is 5.78. The molecular weight excluding hydrogens is 326 g/mol. The number of benzene rings is 2. The molecule has 0 unspecified atom stereocenters. The lowest BCUT2D eigenvalue weighted by atomic mass is 10.2. The molecule has 2 rings (SSSR count). The van der Waals surface area contributed by atoms with E-state index >= 15 is 0 Å². The van der Waals surface area contributed by atoms with E-state index in [2.05, 4.69) is 5.32 Å². The molecule has 0 aliphatic carbocycles. The lowest BCUT2D eigenvalue weighted by Gasteiger charge is -2.08. The summed E-state index contributed by atoms with van der Waals surface area (Å²) in [6.45, 7) is 3.58. The van der Waals surface area contributed by atoms with E-state index in [1.54, 1.807) is 50.3 Å². The third kappa shape index (κ3) is 5.25. The number of amides is 1. The molecule has 0 aliphatic heterocycles. The molecule has 1 N–H and O–H groups in total. The first kappa shape index (κ1) is 17.8. The minimum atomic E-state index is -0.388. The fourth-order valence-corrected chi connectivity index (χ4v) is 2.13. The third-order valence-electron chi connectivity index (χ3n) is 3.05. The van der Waals surface area contributed by atoms with Gasteiger partial charge in [-0.25, -0.2) is 4.79 Å². The van der Waals surface area contributed by atoms with Crippen molar-refractivity contribution in [1.29, 1.82) is 0 Å². The molecule has 0 aromatic heterocycles. The van der Waals surface area contributed by atoms with E-state index < -0.39 is 0 Å². The number of hydrogen-bond donors (Lipinski definition) is 1. The van der Waals surface area contributed by atoms with E-state index in [9.17, 15) is 9.59 Å². The largest absolute Gasteiger partial charge is 0.459 e. The number of nitrogens with one attached hydrogen (secondary N) is 1. The monoisotopic (exact) mass is 343 g/mol. The van der Waals surface area contributed by atoms with E-state index in [1.165, 1.54) is 6.08 Å². The second-order valence-electron chi connectivity index (χ2n) is 5.38. The summed E-state index contributed by atoms with van der Waals surface area (Å²) in [7, 11) is 0. The SMILES string of the molecule is CC(C)OC(=O)c1ccc(NC(=O)/C=C/c2ccccc2Cl)cc1. The molecule has 5 heteroatoms. The Hall–Kier alpha value is -2.59. The van der Waals surface area contributed by atoms with Crippen LogP contribution in [0.1, 0.15) is 29.8 Å². The lowest BCUT2D eigenvalue weighted by Crippen LogP contribution is -2.12. The Kier molecular flexibility index (Phi) is 6.15. The van der Waals surface area contributed by atoms with E-state index in [4.69, 9.17) is 16.3 Å². The zero-order valence-electron chi connectivity index (χ0n) is 13.5. The van der Waals surface area contributed by atoms with Crippen LogP contribution in [0.5, 0.6) is 0 Å². The van der Waals surface area contributed by atoms with Crippen LogP contribution in [-0.4, -0.2) is 18.0 Å². The van der Waals surface area contributed by atoms with Gasteiger partial charge in [0.25, 0.3) is 0 Å². The van der Waals surface area contributed by atoms with Gasteiger partial charge in [-0.3, -0.25) is 4.79 Å². The van der Waals surface area contributed by atoms with Crippen LogP contribution in [0.15, 0.2) is 54.6 Å². The topological polar surface area (TPSA) is 55.4 Å². The van der Waals surface area contributed by atoms with E-state index in [-0.39, 0.29) is 18.0 Å². The van der Waals surface area contributed by atoms with Crippen molar-refractivity contribution in [1.82, 2.24) is 0 Å². The van der Waals surface area contributed by atoms with Gasteiger partial charge in [0.2, 0.25) is 5.91 Å². The van der Waals surface area contributed by atoms with Crippen LogP contribution in [0.4, 0.5) is 5.69 Å². The van der Waals surface area contributed by atoms with Gasteiger partial charge >= 0.3 is 5.97 Å². The third-order valence-corrected chi connectivity index (χ3v) is 3.39. The quantitative estimate of drug-likeness (QED) is 0.639. The molecule has 0 saturated heterocycles. The Morgan fingerprint density at radius 2 is 1.75 bits per heavy atom. The predicted molar refractivity (Wildman–Crippen MR) is 96.1 cm³/mol. The molecule has 2 aromatic carbocycles. The highest BCUT2D eigenvalue weighted by molar-refractivity contribution is 6.32. The molecule has 124 valence electrons. The number of rotatable bonds is 5. The standard InChI is InChI=1S/C19H18ClNO3/c1-13(2)24-19(23)15-7-10-16(11-8-15)21-18(22)12-9-14-5-3-4-6-17(14)20/h3-13H,1-2H3,(H,21,22)/b12-9+. The number of esters is 1. The number of halogens is 1. The van der Waals surface area contributed by atoms with Crippen molar-refractivity contribution in [2.75, 3.05) is 5.32 Å². The highest BCUT2D eigenvalue weighted by atomic mass is 35.5. The normalized spacial score (nSPS) is 10.8. The first-order valence-electron chi connectivity index (χ1n) is 7.50. The summed E-state index contributed by atoms with van der Waals surface area (Å²) >= 11 is 6.02. The molecule has 0 aliphatic rings. The van der Waals surface area contributed by atoms with Crippen molar-refractivity contribution >= 4 is 35.2 Å². The summed E-state index contributed by atoms with van der Waals surface area (Å²) < 4.78 is 5.11. The maximum Gasteiger partial charge on any atom is 0.338 e. The Morgan fingerprint density at radius 1 is 1.08 bits per heavy atom. The van der Waals surface area contributed by atoms with Crippen LogP contribution in [0.3, 0.4) is 0 Å². The van der Waals surface area contributed by atoms with Gasteiger partial charge < -0.3 is 10.1 Å². The first-order chi connectivity index (χ1) is 11.5. The fourth-order valence-electron chi connectivity index (χ4n) is 1.93. The molecule has 0 saturated carbocycles. The van der Waals surface area contributed by atoms with E-state index in [0.717, 1.165) is 5.56 Å². The highest BCUT2D eigenvalue weighted by Gasteiger charge is 2.09. The number of carbonyl (C=O) groups is 2. The highest BCUT2D eigenvalue weighted by Crippen LogP contribution is 2.16. The summed E-state index contributed by atoms with van der Waals surface area (Å²) in [5.74, 6) is -0.672. The second kappa shape index (κ2) is 8.31. The number of ether oxygens (including phenoxy) is 1. The molecule has 0 radical (unpaired) electrons. The van der Waals surface area contributed by atoms with Gasteiger partial charge in [0.15, 0.2) is 0 Å². The van der Waals surface area contributed by atoms with Crippen molar-refractivity contribution in [3.63, 3.8) is 0 Å². The summed E-state index contributed by atoms with van der Waals surface area (Å²) in [5.41, 5.74) is 1.79. The van der Waals surface area contributed by atoms with Crippen LogP contribution in [0, 0.1) is 0 Å². The maximum atomic E-state index is 11.9. The zero-order chi connectivity index (χ0) is 17.5. The van der Waals surface area contributed by atoms with Crippen LogP contribution in [-0.2, 0) is 9.53 Å². The Morgan fingerprint density at radius 3 is 2.38 bits per heavy atom. The van der Waals surface area contributed by atoms with Crippen LogP contribution in [0.25, 0.3) is 6.08 Å². The Bertz CT molecular complexity index is 751. The molecule has 0 spiro atoms. The molecule has 4 nitrogen and oxygen atoms in total. The Balaban J connectivity index is 1.97. The Labute approximate surface area is 146 Å². The lowest BCUT2D eigenvalue weighted by molar-refractivity contribution is -0.111. The average molecular weight is 344 g/mol. The molecular formula is C19H18ClNO3. The average Bonchev–Trinajstić information content (AvgIpc) is 2.54.